The highest BCUT2D eigenvalue weighted by atomic mass is 32.2. The van der Waals surface area contributed by atoms with Crippen LogP contribution in [0.25, 0.3) is 22.3 Å². The van der Waals surface area contributed by atoms with E-state index in [0.29, 0.717) is 0 Å². The van der Waals surface area contributed by atoms with E-state index in [0.717, 1.165) is 9.76 Å². The van der Waals surface area contributed by atoms with Crippen LogP contribution >= 0.6 is 24.0 Å². The average Bonchev–Trinajstić information content (AvgIpc) is 2.62. The maximum atomic E-state index is 5.66. The van der Waals surface area contributed by atoms with Crippen molar-refractivity contribution in [2.45, 2.75) is 0 Å². The largest absolute Gasteiger partial charge is 0.117 e. The fourth-order valence-corrected chi connectivity index (χ4v) is 3.23. The Hall–Kier alpha value is -1.90. The molecule has 0 heterocycles. The minimum Gasteiger partial charge on any atom is -0.117 e. The minimum absolute atomic E-state index is 0.929. The van der Waals surface area contributed by atoms with Gasteiger partial charge >= 0.3 is 0 Å². The Labute approximate surface area is 141 Å². The molecule has 0 bridgehead atoms. The highest BCUT2D eigenvalue weighted by Gasteiger charge is 2.14. The predicted molar refractivity (Wildman–Crippen MR) is 103 cm³/mol. The van der Waals surface area contributed by atoms with Crippen molar-refractivity contribution in [1.29, 1.82) is 0 Å². The molecule has 0 saturated carbocycles. The van der Waals surface area contributed by atoms with Gasteiger partial charge < -0.3 is 0 Å². The first-order valence-corrected chi connectivity index (χ1v) is 8.76. The van der Waals surface area contributed by atoms with Gasteiger partial charge in [0.05, 0.1) is 4.20 Å². The summed E-state index contributed by atoms with van der Waals surface area (Å²) in [6.07, 6.45) is 2.04. The lowest BCUT2D eigenvalue weighted by atomic mass is 9.93. The topological polar surface area (TPSA) is 0 Å². The fourth-order valence-electron chi connectivity index (χ4n) is 2.59. The van der Waals surface area contributed by atoms with E-state index in [1.165, 1.54) is 22.3 Å². The Kier molecular flexibility index (Phi) is 4.71. The number of hydrogen-bond donors (Lipinski definition) is 0. The van der Waals surface area contributed by atoms with Gasteiger partial charge in [0.2, 0.25) is 0 Å². The molecule has 0 aliphatic carbocycles. The first-order chi connectivity index (χ1) is 10.8. The lowest BCUT2D eigenvalue weighted by molar-refractivity contribution is 1.57. The van der Waals surface area contributed by atoms with Crippen LogP contribution in [0.15, 0.2) is 78.9 Å². The van der Waals surface area contributed by atoms with E-state index in [1.54, 1.807) is 11.8 Å². The molecule has 108 valence electrons. The summed E-state index contributed by atoms with van der Waals surface area (Å²) in [5.41, 5.74) is 5.95. The van der Waals surface area contributed by atoms with Gasteiger partial charge in [-0.05, 0) is 28.5 Å². The van der Waals surface area contributed by atoms with E-state index >= 15 is 0 Å². The van der Waals surface area contributed by atoms with E-state index < -0.39 is 0 Å². The standard InChI is InChI=1S/C20H16S2/c1-22-20(21)19-17(15-9-4-2-5-10-15)13-8-14-18(19)16-11-6-3-7-12-16/h2-14H,1H3. The van der Waals surface area contributed by atoms with E-state index in [1.807, 2.05) is 18.4 Å². The molecule has 3 aromatic rings. The molecule has 3 aromatic carbocycles. The van der Waals surface area contributed by atoms with Gasteiger partial charge in [-0.3, -0.25) is 0 Å². The number of rotatable bonds is 3. The van der Waals surface area contributed by atoms with Crippen LogP contribution in [-0.2, 0) is 0 Å². The molecule has 0 N–H and O–H groups in total. The van der Waals surface area contributed by atoms with E-state index in [-0.39, 0.29) is 0 Å². The number of thioether (sulfide) groups is 1. The van der Waals surface area contributed by atoms with Crippen LogP contribution in [0.2, 0.25) is 0 Å². The predicted octanol–water partition coefficient (Wildman–Crippen LogP) is 6.06. The van der Waals surface area contributed by atoms with Gasteiger partial charge in [0.1, 0.15) is 0 Å². The first-order valence-electron chi connectivity index (χ1n) is 7.13. The molecule has 0 atom stereocenters. The molecular formula is C20H16S2. The van der Waals surface area contributed by atoms with Crippen LogP contribution in [0.5, 0.6) is 0 Å². The third-order valence-corrected chi connectivity index (χ3v) is 4.90. The third kappa shape index (κ3) is 2.99. The van der Waals surface area contributed by atoms with Crippen LogP contribution in [0.3, 0.4) is 0 Å². The third-order valence-electron chi connectivity index (χ3n) is 3.62. The van der Waals surface area contributed by atoms with Crippen molar-refractivity contribution in [2.75, 3.05) is 6.26 Å². The highest BCUT2D eigenvalue weighted by Crippen LogP contribution is 2.34. The summed E-state index contributed by atoms with van der Waals surface area (Å²) >= 11 is 7.29. The molecule has 0 aliphatic rings. The zero-order valence-electron chi connectivity index (χ0n) is 12.3. The van der Waals surface area contributed by atoms with Crippen molar-refractivity contribution < 1.29 is 0 Å². The second kappa shape index (κ2) is 6.91. The van der Waals surface area contributed by atoms with Crippen molar-refractivity contribution in [2.24, 2.45) is 0 Å². The van der Waals surface area contributed by atoms with Crippen LogP contribution in [-0.4, -0.2) is 10.5 Å². The normalized spacial score (nSPS) is 10.4. The lowest BCUT2D eigenvalue weighted by Crippen LogP contribution is -1.99. The van der Waals surface area contributed by atoms with Gasteiger partial charge in [-0.25, -0.2) is 0 Å². The van der Waals surface area contributed by atoms with Gasteiger partial charge in [-0.15, -0.1) is 11.8 Å². The Morgan fingerprint density at radius 1 is 0.682 bits per heavy atom. The van der Waals surface area contributed by atoms with Crippen molar-refractivity contribution >= 4 is 28.2 Å². The lowest BCUT2D eigenvalue weighted by Gasteiger charge is -2.15. The molecule has 0 aromatic heterocycles. The molecule has 22 heavy (non-hydrogen) atoms. The first kappa shape index (κ1) is 15.0. The Morgan fingerprint density at radius 2 is 1.14 bits per heavy atom. The Balaban J connectivity index is 2.26. The maximum absolute atomic E-state index is 5.66. The SMILES string of the molecule is CSC(=S)c1c(-c2ccccc2)cccc1-c1ccccc1. The zero-order chi connectivity index (χ0) is 15.4. The van der Waals surface area contributed by atoms with Crippen molar-refractivity contribution in [1.82, 2.24) is 0 Å². The molecule has 0 nitrogen and oxygen atoms in total. The van der Waals surface area contributed by atoms with E-state index in [2.05, 4.69) is 66.7 Å². The second-order valence-electron chi connectivity index (χ2n) is 4.95. The van der Waals surface area contributed by atoms with Crippen LogP contribution in [0.1, 0.15) is 5.56 Å². The van der Waals surface area contributed by atoms with E-state index in [4.69, 9.17) is 12.2 Å². The van der Waals surface area contributed by atoms with Gasteiger partial charge in [0.15, 0.2) is 0 Å². The summed E-state index contributed by atoms with van der Waals surface area (Å²) in [6, 6.07) is 27.3. The summed E-state index contributed by atoms with van der Waals surface area (Å²) in [4.78, 5) is 0. The fraction of sp³-hybridized carbons (Fsp3) is 0.0500. The second-order valence-corrected chi connectivity index (χ2v) is 6.43. The molecule has 2 heteroatoms. The molecule has 0 aliphatic heterocycles. The molecule has 0 unspecified atom stereocenters. The van der Waals surface area contributed by atoms with Crippen molar-refractivity contribution in [3.05, 3.63) is 84.4 Å². The Morgan fingerprint density at radius 3 is 1.55 bits per heavy atom. The summed E-state index contributed by atoms with van der Waals surface area (Å²) in [7, 11) is 0. The number of hydrogen-bond acceptors (Lipinski definition) is 2. The summed E-state index contributed by atoms with van der Waals surface area (Å²) in [5, 5.41) is 0. The minimum atomic E-state index is 0.929. The summed E-state index contributed by atoms with van der Waals surface area (Å²) < 4.78 is 0.929. The molecule has 0 spiro atoms. The summed E-state index contributed by atoms with van der Waals surface area (Å²) in [5.74, 6) is 0. The molecule has 0 saturated heterocycles. The van der Waals surface area contributed by atoms with Gasteiger partial charge in [0, 0.05) is 5.56 Å². The zero-order valence-corrected chi connectivity index (χ0v) is 14.0. The maximum Gasteiger partial charge on any atom is 0.0788 e. The monoisotopic (exact) mass is 320 g/mol. The van der Waals surface area contributed by atoms with Gasteiger partial charge in [-0.2, -0.15) is 0 Å². The van der Waals surface area contributed by atoms with Crippen LogP contribution < -0.4 is 0 Å². The average molecular weight is 320 g/mol. The van der Waals surface area contributed by atoms with E-state index in [9.17, 15) is 0 Å². The quantitative estimate of drug-likeness (QED) is 0.538. The van der Waals surface area contributed by atoms with Crippen LogP contribution in [0.4, 0.5) is 0 Å². The Bertz CT molecular complexity index is 720. The van der Waals surface area contributed by atoms with Gasteiger partial charge in [0.25, 0.3) is 0 Å². The van der Waals surface area contributed by atoms with Crippen LogP contribution in [0, 0.1) is 0 Å². The van der Waals surface area contributed by atoms with Crippen molar-refractivity contribution in [3.63, 3.8) is 0 Å². The number of thiocarbonyl (C=S) groups is 1. The molecule has 3 rings (SSSR count). The molecule has 0 amide bonds. The summed E-state index contributed by atoms with van der Waals surface area (Å²) in [6.45, 7) is 0. The van der Waals surface area contributed by atoms with Crippen molar-refractivity contribution in [3.8, 4) is 22.3 Å². The molecule has 0 fully saturated rings. The molecular weight excluding hydrogens is 304 g/mol. The highest BCUT2D eigenvalue weighted by molar-refractivity contribution is 8.23. The molecule has 0 radical (unpaired) electrons. The van der Waals surface area contributed by atoms with Gasteiger partial charge in [-0.1, -0.05) is 91.1 Å². The smallest absolute Gasteiger partial charge is 0.0788 e. The number of benzene rings is 3.